The maximum atomic E-state index is 11.7. The number of fused-ring (bicyclic) bond motifs is 1. The van der Waals surface area contributed by atoms with Crippen molar-refractivity contribution in [3.05, 3.63) is 33.9 Å². The van der Waals surface area contributed by atoms with Crippen LogP contribution in [0.4, 0.5) is 5.69 Å². The smallest absolute Gasteiger partial charge is 0.350 e. The van der Waals surface area contributed by atoms with Crippen molar-refractivity contribution < 1.29 is 24.3 Å². The molecule has 0 aromatic heterocycles. The Labute approximate surface area is 108 Å². The first kappa shape index (κ1) is 13.3. The molecule has 1 N–H and O–H groups in total. The molecule has 0 fully saturated rings. The van der Waals surface area contributed by atoms with Crippen LogP contribution in [0.25, 0.3) is 0 Å². The predicted octanol–water partition coefficient (Wildman–Crippen LogP) is 1.13. The average Bonchev–Trinajstić information content (AvgIpc) is 2.61. The number of ether oxygens (including phenoxy) is 2. The van der Waals surface area contributed by atoms with Crippen molar-refractivity contribution in [3.63, 3.8) is 0 Å². The number of hydrogen-bond acceptors (Lipinski definition) is 6. The molecule has 1 aliphatic rings. The Morgan fingerprint density at radius 3 is 2.89 bits per heavy atom. The third-order valence-corrected chi connectivity index (χ3v) is 2.98. The number of nitrogens with zero attached hydrogens (tertiary/aromatic N) is 1. The molecule has 0 spiro atoms. The van der Waals surface area contributed by atoms with Crippen LogP contribution in [0.2, 0.25) is 0 Å². The number of aliphatic hydroxyl groups is 1. The lowest BCUT2D eigenvalue weighted by atomic mass is 9.92. The van der Waals surface area contributed by atoms with Crippen LogP contribution in [-0.2, 0) is 15.1 Å². The van der Waals surface area contributed by atoms with Crippen LogP contribution in [0.1, 0.15) is 19.4 Å². The van der Waals surface area contributed by atoms with Gasteiger partial charge < -0.3 is 14.6 Å². The normalized spacial score (nSPS) is 24.5. The van der Waals surface area contributed by atoms with Gasteiger partial charge in [-0.3, -0.25) is 10.1 Å². The van der Waals surface area contributed by atoms with Crippen molar-refractivity contribution in [2.75, 3.05) is 6.61 Å². The fourth-order valence-corrected chi connectivity index (χ4v) is 2.01. The molecule has 0 radical (unpaired) electrons. The first-order valence-electron chi connectivity index (χ1n) is 5.72. The number of nitro groups is 1. The van der Waals surface area contributed by atoms with E-state index < -0.39 is 22.6 Å². The van der Waals surface area contributed by atoms with Gasteiger partial charge in [0, 0.05) is 17.7 Å². The number of non-ortho nitro benzene ring substituents is 1. The standard InChI is InChI=1S/C12H13NO6/c1-3-18-11(14)10-12(2,15)8-6-7(13(16)17)4-5-9(8)19-10/h4-6,10,15H,3H2,1-2H3. The minimum absolute atomic E-state index is 0.158. The summed E-state index contributed by atoms with van der Waals surface area (Å²) >= 11 is 0. The van der Waals surface area contributed by atoms with E-state index in [1.54, 1.807) is 6.92 Å². The Morgan fingerprint density at radius 1 is 1.63 bits per heavy atom. The van der Waals surface area contributed by atoms with E-state index in [0.717, 1.165) is 0 Å². The van der Waals surface area contributed by atoms with Crippen LogP contribution in [0, 0.1) is 10.1 Å². The van der Waals surface area contributed by atoms with E-state index in [1.807, 2.05) is 0 Å². The van der Waals surface area contributed by atoms with Gasteiger partial charge in [0.1, 0.15) is 11.4 Å². The van der Waals surface area contributed by atoms with Crippen molar-refractivity contribution >= 4 is 11.7 Å². The molecule has 1 aliphatic heterocycles. The van der Waals surface area contributed by atoms with Crippen LogP contribution in [0.5, 0.6) is 5.75 Å². The fraction of sp³-hybridized carbons (Fsp3) is 0.417. The Balaban J connectivity index is 2.40. The van der Waals surface area contributed by atoms with Crippen molar-refractivity contribution in [1.29, 1.82) is 0 Å². The molecule has 7 heteroatoms. The summed E-state index contributed by atoms with van der Waals surface area (Å²) in [4.78, 5) is 21.9. The lowest BCUT2D eigenvalue weighted by molar-refractivity contribution is -0.385. The number of carbonyl (C=O) groups excluding carboxylic acids is 1. The highest BCUT2D eigenvalue weighted by atomic mass is 16.6. The summed E-state index contributed by atoms with van der Waals surface area (Å²) in [6.45, 7) is 3.16. The quantitative estimate of drug-likeness (QED) is 0.500. The zero-order chi connectivity index (χ0) is 14.2. The molecule has 2 rings (SSSR count). The maximum absolute atomic E-state index is 11.7. The molecule has 0 saturated carbocycles. The molecular formula is C12H13NO6. The van der Waals surface area contributed by atoms with Crippen molar-refractivity contribution in [2.24, 2.45) is 0 Å². The van der Waals surface area contributed by atoms with E-state index in [2.05, 4.69) is 0 Å². The molecule has 0 bridgehead atoms. The number of nitro benzene ring substituents is 1. The zero-order valence-electron chi connectivity index (χ0n) is 10.5. The molecule has 1 heterocycles. The molecular weight excluding hydrogens is 254 g/mol. The van der Waals surface area contributed by atoms with Gasteiger partial charge in [-0.05, 0) is 19.9 Å². The van der Waals surface area contributed by atoms with Gasteiger partial charge in [0.05, 0.1) is 11.5 Å². The van der Waals surface area contributed by atoms with Crippen LogP contribution >= 0.6 is 0 Å². The lowest BCUT2D eigenvalue weighted by Gasteiger charge is -2.22. The number of benzene rings is 1. The Bertz CT molecular complexity index is 539. The lowest BCUT2D eigenvalue weighted by Crippen LogP contribution is -2.42. The molecule has 0 amide bonds. The number of rotatable bonds is 3. The van der Waals surface area contributed by atoms with Crippen LogP contribution in [-0.4, -0.2) is 28.7 Å². The van der Waals surface area contributed by atoms with Crippen LogP contribution < -0.4 is 4.74 Å². The highest BCUT2D eigenvalue weighted by Gasteiger charge is 2.49. The van der Waals surface area contributed by atoms with Crippen LogP contribution in [0.15, 0.2) is 18.2 Å². The van der Waals surface area contributed by atoms with Gasteiger partial charge in [0.25, 0.3) is 5.69 Å². The summed E-state index contributed by atoms with van der Waals surface area (Å²) in [6.07, 6.45) is -1.22. The van der Waals surface area contributed by atoms with Crippen molar-refractivity contribution in [3.8, 4) is 5.75 Å². The second-order valence-corrected chi connectivity index (χ2v) is 4.34. The molecule has 19 heavy (non-hydrogen) atoms. The van der Waals surface area contributed by atoms with E-state index in [1.165, 1.54) is 25.1 Å². The summed E-state index contributed by atoms with van der Waals surface area (Å²) in [5, 5.41) is 21.1. The Kier molecular flexibility index (Phi) is 3.15. The van der Waals surface area contributed by atoms with E-state index >= 15 is 0 Å². The average molecular weight is 267 g/mol. The van der Waals surface area contributed by atoms with E-state index in [4.69, 9.17) is 9.47 Å². The third-order valence-electron chi connectivity index (χ3n) is 2.98. The molecule has 2 unspecified atom stereocenters. The second-order valence-electron chi connectivity index (χ2n) is 4.34. The van der Waals surface area contributed by atoms with Crippen LogP contribution in [0.3, 0.4) is 0 Å². The third kappa shape index (κ3) is 2.12. The Hall–Kier alpha value is -2.15. The van der Waals surface area contributed by atoms with Crippen molar-refractivity contribution in [1.82, 2.24) is 0 Å². The highest BCUT2D eigenvalue weighted by Crippen LogP contribution is 2.43. The van der Waals surface area contributed by atoms with Gasteiger partial charge in [-0.25, -0.2) is 4.79 Å². The molecule has 0 aliphatic carbocycles. The number of esters is 1. The van der Waals surface area contributed by atoms with Gasteiger partial charge in [-0.1, -0.05) is 0 Å². The molecule has 1 aromatic rings. The highest BCUT2D eigenvalue weighted by molar-refractivity contribution is 5.79. The maximum Gasteiger partial charge on any atom is 0.350 e. The van der Waals surface area contributed by atoms with Gasteiger partial charge in [-0.15, -0.1) is 0 Å². The van der Waals surface area contributed by atoms with Gasteiger partial charge in [0.2, 0.25) is 6.10 Å². The summed E-state index contributed by atoms with van der Waals surface area (Å²) in [5.41, 5.74) is -1.62. The summed E-state index contributed by atoms with van der Waals surface area (Å²) in [7, 11) is 0. The number of carbonyl (C=O) groups is 1. The second kappa shape index (κ2) is 4.51. The molecule has 2 atom stereocenters. The molecule has 1 aromatic carbocycles. The molecule has 7 nitrogen and oxygen atoms in total. The summed E-state index contributed by atoms with van der Waals surface area (Å²) in [5.74, 6) is -0.458. The topological polar surface area (TPSA) is 98.9 Å². The number of hydrogen-bond donors (Lipinski definition) is 1. The molecule has 102 valence electrons. The predicted molar refractivity (Wildman–Crippen MR) is 63.7 cm³/mol. The zero-order valence-corrected chi connectivity index (χ0v) is 10.5. The van der Waals surface area contributed by atoms with E-state index in [0.29, 0.717) is 0 Å². The van der Waals surface area contributed by atoms with Gasteiger partial charge in [-0.2, -0.15) is 0 Å². The minimum Gasteiger partial charge on any atom is -0.475 e. The first-order chi connectivity index (χ1) is 8.87. The van der Waals surface area contributed by atoms with E-state index in [9.17, 15) is 20.0 Å². The van der Waals surface area contributed by atoms with Gasteiger partial charge >= 0.3 is 5.97 Å². The summed E-state index contributed by atoms with van der Waals surface area (Å²) in [6, 6.07) is 3.82. The monoisotopic (exact) mass is 267 g/mol. The molecule has 0 saturated heterocycles. The van der Waals surface area contributed by atoms with Gasteiger partial charge in [0.15, 0.2) is 0 Å². The van der Waals surface area contributed by atoms with Crippen molar-refractivity contribution in [2.45, 2.75) is 25.6 Å². The minimum atomic E-state index is -1.66. The summed E-state index contributed by atoms with van der Waals surface area (Å²) < 4.78 is 10.1. The SMILES string of the molecule is CCOC(=O)C1Oc2ccc([N+](=O)[O-])cc2C1(C)O. The first-order valence-corrected chi connectivity index (χ1v) is 5.72. The fourth-order valence-electron chi connectivity index (χ4n) is 2.01. The Morgan fingerprint density at radius 2 is 2.32 bits per heavy atom. The largest absolute Gasteiger partial charge is 0.475 e. The van der Waals surface area contributed by atoms with E-state index in [-0.39, 0.29) is 23.6 Å².